The van der Waals surface area contributed by atoms with E-state index < -0.39 is 5.82 Å². The third-order valence-electron chi connectivity index (χ3n) is 2.90. The van der Waals surface area contributed by atoms with Crippen molar-refractivity contribution in [1.29, 1.82) is 0 Å². The fourth-order valence-corrected chi connectivity index (χ4v) is 2.24. The van der Waals surface area contributed by atoms with Crippen molar-refractivity contribution >= 4 is 17.4 Å². The highest BCUT2D eigenvalue weighted by molar-refractivity contribution is 6.30. The number of pyridine rings is 1. The van der Waals surface area contributed by atoms with Crippen LogP contribution in [-0.4, -0.2) is 15.2 Å². The summed E-state index contributed by atoms with van der Waals surface area (Å²) in [4.78, 5) is 3.83. The maximum atomic E-state index is 13.3. The molecule has 20 heavy (non-hydrogen) atoms. The molecule has 0 atom stereocenters. The maximum absolute atomic E-state index is 13.3. The second-order valence-corrected chi connectivity index (χ2v) is 4.70. The van der Waals surface area contributed by atoms with Crippen LogP contribution in [0.2, 0.25) is 5.02 Å². The van der Waals surface area contributed by atoms with E-state index in [1.807, 2.05) is 12.1 Å². The first-order valence-corrected chi connectivity index (χ1v) is 6.23. The molecule has 100 valence electrons. The van der Waals surface area contributed by atoms with E-state index in [2.05, 4.69) is 15.2 Å². The minimum absolute atomic E-state index is 0.325. The smallest absolute Gasteiger partial charge is 0.153 e. The van der Waals surface area contributed by atoms with Gasteiger partial charge in [0.05, 0.1) is 17.5 Å². The predicted octanol–water partition coefficient (Wildman–Crippen LogP) is 3.51. The van der Waals surface area contributed by atoms with Gasteiger partial charge in [-0.2, -0.15) is 5.10 Å². The van der Waals surface area contributed by atoms with Crippen molar-refractivity contribution in [2.75, 3.05) is 5.73 Å². The van der Waals surface area contributed by atoms with Crippen LogP contribution in [0.25, 0.3) is 22.4 Å². The van der Waals surface area contributed by atoms with Gasteiger partial charge in [0.1, 0.15) is 5.82 Å². The van der Waals surface area contributed by atoms with Gasteiger partial charge >= 0.3 is 0 Å². The summed E-state index contributed by atoms with van der Waals surface area (Å²) >= 11 is 5.99. The summed E-state index contributed by atoms with van der Waals surface area (Å²) in [7, 11) is 0. The normalized spacial score (nSPS) is 10.7. The number of H-pyrrole nitrogens is 1. The molecule has 0 aliphatic carbocycles. The van der Waals surface area contributed by atoms with Crippen LogP contribution in [0.15, 0.2) is 42.7 Å². The topological polar surface area (TPSA) is 67.6 Å². The Labute approximate surface area is 119 Å². The minimum atomic E-state index is -0.423. The molecule has 0 saturated heterocycles. The van der Waals surface area contributed by atoms with Gasteiger partial charge in [0.15, 0.2) is 5.82 Å². The van der Waals surface area contributed by atoms with Gasteiger partial charge in [-0.05, 0) is 23.8 Å². The highest BCUT2D eigenvalue weighted by Gasteiger charge is 2.15. The lowest BCUT2D eigenvalue weighted by atomic mass is 10.0. The Balaban J connectivity index is 2.20. The van der Waals surface area contributed by atoms with Crippen molar-refractivity contribution in [3.63, 3.8) is 0 Å². The number of hydrogen-bond acceptors (Lipinski definition) is 3. The number of hydrogen-bond donors (Lipinski definition) is 2. The minimum Gasteiger partial charge on any atom is -0.382 e. The molecule has 0 unspecified atom stereocenters. The number of aromatic nitrogens is 3. The number of aromatic amines is 1. The molecule has 0 bridgehead atoms. The highest BCUT2D eigenvalue weighted by atomic mass is 35.5. The molecule has 0 amide bonds. The molecule has 0 radical (unpaired) electrons. The zero-order chi connectivity index (χ0) is 14.1. The van der Waals surface area contributed by atoms with Crippen molar-refractivity contribution in [3.05, 3.63) is 53.6 Å². The van der Waals surface area contributed by atoms with E-state index in [0.717, 1.165) is 11.8 Å². The molecule has 0 saturated carbocycles. The number of halogens is 2. The van der Waals surface area contributed by atoms with Gasteiger partial charge in [0, 0.05) is 16.8 Å². The zero-order valence-electron chi connectivity index (χ0n) is 10.3. The number of nitrogen functional groups attached to an aromatic ring is 1. The summed E-state index contributed by atoms with van der Waals surface area (Å²) in [5.41, 5.74) is 8.57. The SMILES string of the molecule is Nc1n[nH]c(-c2cncc(F)c2)c1-c1cccc(Cl)c1. The van der Waals surface area contributed by atoms with Gasteiger partial charge in [-0.3, -0.25) is 10.1 Å². The Morgan fingerprint density at radius 3 is 2.75 bits per heavy atom. The van der Waals surface area contributed by atoms with E-state index in [1.54, 1.807) is 18.3 Å². The lowest BCUT2D eigenvalue weighted by Crippen LogP contribution is -1.89. The Kier molecular flexibility index (Phi) is 3.12. The van der Waals surface area contributed by atoms with Crippen molar-refractivity contribution in [1.82, 2.24) is 15.2 Å². The molecule has 0 aliphatic rings. The maximum Gasteiger partial charge on any atom is 0.153 e. The van der Waals surface area contributed by atoms with Crippen LogP contribution in [0, 0.1) is 5.82 Å². The number of rotatable bonds is 2. The number of benzene rings is 1. The van der Waals surface area contributed by atoms with E-state index in [0.29, 0.717) is 27.7 Å². The molecule has 4 nitrogen and oxygen atoms in total. The van der Waals surface area contributed by atoms with Gasteiger partial charge in [-0.15, -0.1) is 0 Å². The number of nitrogens with one attached hydrogen (secondary N) is 1. The molecule has 0 fully saturated rings. The summed E-state index contributed by atoms with van der Waals surface area (Å²) in [6.45, 7) is 0. The molecule has 3 aromatic rings. The van der Waals surface area contributed by atoms with Crippen molar-refractivity contribution in [3.8, 4) is 22.4 Å². The average molecular weight is 289 g/mol. The summed E-state index contributed by atoms with van der Waals surface area (Å²) in [5.74, 6) is -0.0979. The molecule has 6 heteroatoms. The first-order valence-electron chi connectivity index (χ1n) is 5.86. The molecular weight excluding hydrogens is 279 g/mol. The third kappa shape index (κ3) is 2.23. The Morgan fingerprint density at radius 1 is 1.15 bits per heavy atom. The average Bonchev–Trinajstić information content (AvgIpc) is 2.80. The third-order valence-corrected chi connectivity index (χ3v) is 3.14. The summed E-state index contributed by atoms with van der Waals surface area (Å²) in [6.07, 6.45) is 2.69. The monoisotopic (exact) mass is 288 g/mol. The summed E-state index contributed by atoms with van der Waals surface area (Å²) in [5, 5.41) is 7.39. The van der Waals surface area contributed by atoms with Crippen LogP contribution >= 0.6 is 11.6 Å². The second-order valence-electron chi connectivity index (χ2n) is 4.26. The predicted molar refractivity (Wildman–Crippen MR) is 76.6 cm³/mol. The van der Waals surface area contributed by atoms with E-state index >= 15 is 0 Å². The molecule has 1 aromatic carbocycles. The Morgan fingerprint density at radius 2 is 2.00 bits per heavy atom. The van der Waals surface area contributed by atoms with Crippen molar-refractivity contribution in [2.24, 2.45) is 0 Å². The second kappa shape index (κ2) is 4.94. The molecule has 0 aliphatic heterocycles. The van der Waals surface area contributed by atoms with Crippen LogP contribution in [0.3, 0.4) is 0 Å². The lowest BCUT2D eigenvalue weighted by Gasteiger charge is -2.05. The van der Waals surface area contributed by atoms with Crippen molar-refractivity contribution in [2.45, 2.75) is 0 Å². The molecule has 3 N–H and O–H groups in total. The molecule has 2 aromatic heterocycles. The van der Waals surface area contributed by atoms with Gasteiger partial charge in [-0.25, -0.2) is 4.39 Å². The number of nitrogens with zero attached hydrogens (tertiary/aromatic N) is 2. The van der Waals surface area contributed by atoms with Crippen LogP contribution in [0.5, 0.6) is 0 Å². The van der Waals surface area contributed by atoms with Gasteiger partial charge in [0.25, 0.3) is 0 Å². The summed E-state index contributed by atoms with van der Waals surface area (Å²) < 4.78 is 13.3. The first-order chi connectivity index (χ1) is 9.65. The van der Waals surface area contributed by atoms with E-state index in [1.165, 1.54) is 6.07 Å². The first kappa shape index (κ1) is 12.6. The van der Waals surface area contributed by atoms with Crippen LogP contribution in [0.4, 0.5) is 10.2 Å². The number of anilines is 1. The molecule has 2 heterocycles. The van der Waals surface area contributed by atoms with E-state index in [-0.39, 0.29) is 0 Å². The van der Waals surface area contributed by atoms with Gasteiger partial charge < -0.3 is 5.73 Å². The molecule has 0 spiro atoms. The quantitative estimate of drug-likeness (QED) is 0.758. The zero-order valence-corrected chi connectivity index (χ0v) is 11.0. The largest absolute Gasteiger partial charge is 0.382 e. The highest BCUT2D eigenvalue weighted by Crippen LogP contribution is 2.35. The fraction of sp³-hybridized carbons (Fsp3) is 0. The van der Waals surface area contributed by atoms with Crippen LogP contribution in [0.1, 0.15) is 0 Å². The van der Waals surface area contributed by atoms with Gasteiger partial charge in [0.2, 0.25) is 0 Å². The summed E-state index contributed by atoms with van der Waals surface area (Å²) in [6, 6.07) is 8.60. The number of nitrogens with two attached hydrogens (primary N) is 1. The standard InChI is InChI=1S/C14H10ClFN4/c15-10-3-1-2-8(4-10)12-13(19-20-14(12)17)9-5-11(16)7-18-6-9/h1-7H,(H3,17,19,20). The van der Waals surface area contributed by atoms with Crippen LogP contribution in [-0.2, 0) is 0 Å². The van der Waals surface area contributed by atoms with Crippen LogP contribution < -0.4 is 5.73 Å². The fourth-order valence-electron chi connectivity index (χ4n) is 2.05. The van der Waals surface area contributed by atoms with Crippen molar-refractivity contribution < 1.29 is 4.39 Å². The van der Waals surface area contributed by atoms with E-state index in [9.17, 15) is 4.39 Å². The molecule has 3 rings (SSSR count). The Hall–Kier alpha value is -2.40. The van der Waals surface area contributed by atoms with E-state index in [4.69, 9.17) is 17.3 Å². The molecular formula is C14H10ClFN4. The Bertz CT molecular complexity index is 769. The van der Waals surface area contributed by atoms with Gasteiger partial charge in [-0.1, -0.05) is 23.7 Å². The lowest BCUT2D eigenvalue weighted by molar-refractivity contribution is 0.622.